The lowest BCUT2D eigenvalue weighted by Gasteiger charge is -2.37. The first-order valence-electron chi connectivity index (χ1n) is 7.79. The third-order valence-electron chi connectivity index (χ3n) is 4.33. The van der Waals surface area contributed by atoms with Crippen LogP contribution in [0, 0.1) is 0 Å². The molecule has 0 saturated carbocycles. The molecular weight excluding hydrogens is 270 g/mol. The van der Waals surface area contributed by atoms with Crippen LogP contribution in [0.3, 0.4) is 0 Å². The van der Waals surface area contributed by atoms with Crippen molar-refractivity contribution in [3.63, 3.8) is 0 Å². The van der Waals surface area contributed by atoms with Gasteiger partial charge in [-0.3, -0.25) is 9.89 Å². The van der Waals surface area contributed by atoms with E-state index in [1.165, 1.54) is 31.1 Å². The standard InChI is InChI=1S/C14H29N5S/c1-3-17-4-6-18(7-5-17)13(2)12-16-14(15)19-8-10-20-11-9-19/h13H,3-12H2,1-2H3,(H2,15,16). The molecule has 0 aromatic heterocycles. The Morgan fingerprint density at radius 2 is 1.80 bits per heavy atom. The second-order valence-corrected chi connectivity index (χ2v) is 6.84. The molecule has 2 saturated heterocycles. The van der Waals surface area contributed by atoms with Crippen LogP contribution in [0.4, 0.5) is 0 Å². The maximum absolute atomic E-state index is 6.11. The van der Waals surface area contributed by atoms with Crippen LogP contribution in [0.1, 0.15) is 13.8 Å². The molecule has 2 fully saturated rings. The third kappa shape index (κ3) is 4.53. The van der Waals surface area contributed by atoms with Crippen LogP contribution in [0.15, 0.2) is 4.99 Å². The van der Waals surface area contributed by atoms with Crippen molar-refractivity contribution in [2.45, 2.75) is 19.9 Å². The summed E-state index contributed by atoms with van der Waals surface area (Å²) in [6, 6.07) is 0.492. The minimum atomic E-state index is 0.492. The van der Waals surface area contributed by atoms with E-state index < -0.39 is 0 Å². The fraction of sp³-hybridized carbons (Fsp3) is 0.929. The summed E-state index contributed by atoms with van der Waals surface area (Å²) in [6.45, 7) is 13.3. The van der Waals surface area contributed by atoms with E-state index >= 15 is 0 Å². The molecule has 0 amide bonds. The smallest absolute Gasteiger partial charge is 0.191 e. The second kappa shape index (κ2) is 8.10. The average Bonchev–Trinajstić information content (AvgIpc) is 2.53. The maximum atomic E-state index is 6.11. The number of hydrogen-bond donors (Lipinski definition) is 1. The van der Waals surface area contributed by atoms with Gasteiger partial charge in [-0.2, -0.15) is 11.8 Å². The number of thioether (sulfide) groups is 1. The lowest BCUT2D eigenvalue weighted by atomic mass is 10.2. The summed E-state index contributed by atoms with van der Waals surface area (Å²) >= 11 is 2.00. The van der Waals surface area contributed by atoms with Gasteiger partial charge in [0.1, 0.15) is 0 Å². The quantitative estimate of drug-likeness (QED) is 0.601. The molecule has 6 heteroatoms. The first kappa shape index (κ1) is 15.9. The topological polar surface area (TPSA) is 48.1 Å². The summed E-state index contributed by atoms with van der Waals surface area (Å²) < 4.78 is 0. The van der Waals surface area contributed by atoms with Gasteiger partial charge in [0, 0.05) is 56.8 Å². The van der Waals surface area contributed by atoms with Crippen molar-refractivity contribution >= 4 is 17.7 Å². The van der Waals surface area contributed by atoms with E-state index in [0.717, 1.165) is 38.7 Å². The summed E-state index contributed by atoms with van der Waals surface area (Å²) in [6.07, 6.45) is 0. The molecule has 0 aromatic rings. The highest BCUT2D eigenvalue weighted by Gasteiger charge is 2.20. The molecule has 0 aliphatic carbocycles. The number of nitrogens with zero attached hydrogens (tertiary/aromatic N) is 4. The van der Waals surface area contributed by atoms with Gasteiger partial charge in [-0.25, -0.2) is 0 Å². The van der Waals surface area contributed by atoms with Crippen molar-refractivity contribution in [3.05, 3.63) is 0 Å². The Morgan fingerprint density at radius 1 is 1.15 bits per heavy atom. The number of guanidine groups is 1. The summed E-state index contributed by atoms with van der Waals surface area (Å²) in [7, 11) is 0. The summed E-state index contributed by atoms with van der Waals surface area (Å²) in [4.78, 5) is 11.9. The molecule has 0 aromatic carbocycles. The van der Waals surface area contributed by atoms with E-state index in [2.05, 4.69) is 33.5 Å². The number of hydrogen-bond acceptors (Lipinski definition) is 4. The molecule has 5 nitrogen and oxygen atoms in total. The number of rotatable bonds is 4. The van der Waals surface area contributed by atoms with E-state index in [0.29, 0.717) is 6.04 Å². The zero-order chi connectivity index (χ0) is 14.4. The Balaban J connectivity index is 1.74. The van der Waals surface area contributed by atoms with Crippen molar-refractivity contribution in [3.8, 4) is 0 Å². The summed E-state index contributed by atoms with van der Waals surface area (Å²) in [5.74, 6) is 3.08. The Kier molecular flexibility index (Phi) is 6.45. The molecule has 2 N–H and O–H groups in total. The zero-order valence-electron chi connectivity index (χ0n) is 12.9. The van der Waals surface area contributed by atoms with E-state index in [9.17, 15) is 0 Å². The van der Waals surface area contributed by atoms with Crippen LogP contribution in [0.2, 0.25) is 0 Å². The third-order valence-corrected chi connectivity index (χ3v) is 5.27. The molecule has 2 heterocycles. The van der Waals surface area contributed by atoms with E-state index in [4.69, 9.17) is 5.73 Å². The highest BCUT2D eigenvalue weighted by Crippen LogP contribution is 2.09. The van der Waals surface area contributed by atoms with Gasteiger partial charge in [0.05, 0.1) is 6.54 Å². The molecule has 1 atom stereocenters. The largest absolute Gasteiger partial charge is 0.370 e. The first-order chi connectivity index (χ1) is 9.70. The van der Waals surface area contributed by atoms with Crippen LogP contribution in [-0.4, -0.2) is 90.6 Å². The van der Waals surface area contributed by atoms with E-state index in [-0.39, 0.29) is 0 Å². The van der Waals surface area contributed by atoms with E-state index in [1.807, 2.05) is 11.8 Å². The van der Waals surface area contributed by atoms with Gasteiger partial charge in [-0.05, 0) is 13.5 Å². The van der Waals surface area contributed by atoms with Gasteiger partial charge in [-0.15, -0.1) is 0 Å². The fourth-order valence-corrected chi connectivity index (χ4v) is 3.66. The molecular formula is C14H29N5S. The van der Waals surface area contributed by atoms with E-state index in [1.54, 1.807) is 0 Å². The van der Waals surface area contributed by atoms with Crippen molar-refractivity contribution in [1.29, 1.82) is 0 Å². The molecule has 1 unspecified atom stereocenters. The molecule has 2 rings (SSSR count). The fourth-order valence-electron chi connectivity index (χ4n) is 2.75. The number of nitrogens with two attached hydrogens (primary N) is 1. The van der Waals surface area contributed by atoms with Crippen molar-refractivity contribution in [2.75, 3.05) is 63.9 Å². The van der Waals surface area contributed by atoms with Gasteiger partial charge < -0.3 is 15.5 Å². The predicted molar refractivity (Wildman–Crippen MR) is 88.5 cm³/mol. The minimum Gasteiger partial charge on any atom is -0.370 e. The zero-order valence-corrected chi connectivity index (χ0v) is 13.7. The van der Waals surface area contributed by atoms with Crippen molar-refractivity contribution in [2.24, 2.45) is 10.7 Å². The monoisotopic (exact) mass is 299 g/mol. The Morgan fingerprint density at radius 3 is 2.40 bits per heavy atom. The number of likely N-dealkylation sites (N-methyl/N-ethyl adjacent to an activating group) is 1. The molecule has 0 radical (unpaired) electrons. The molecule has 2 aliphatic heterocycles. The highest BCUT2D eigenvalue weighted by atomic mass is 32.2. The maximum Gasteiger partial charge on any atom is 0.191 e. The van der Waals surface area contributed by atoms with Crippen LogP contribution in [-0.2, 0) is 0 Å². The number of piperazine rings is 1. The second-order valence-electron chi connectivity index (χ2n) is 5.62. The molecule has 20 heavy (non-hydrogen) atoms. The van der Waals surface area contributed by atoms with Gasteiger partial charge in [0.2, 0.25) is 0 Å². The van der Waals surface area contributed by atoms with Crippen molar-refractivity contribution in [1.82, 2.24) is 14.7 Å². The molecule has 2 aliphatic rings. The normalized spacial score (nSPS) is 24.9. The van der Waals surface area contributed by atoms with Gasteiger partial charge in [0.15, 0.2) is 5.96 Å². The van der Waals surface area contributed by atoms with Gasteiger partial charge >= 0.3 is 0 Å². The summed E-state index contributed by atoms with van der Waals surface area (Å²) in [5.41, 5.74) is 6.11. The van der Waals surface area contributed by atoms with Crippen LogP contribution >= 0.6 is 11.8 Å². The van der Waals surface area contributed by atoms with Gasteiger partial charge in [-0.1, -0.05) is 6.92 Å². The van der Waals surface area contributed by atoms with Crippen LogP contribution in [0.25, 0.3) is 0 Å². The number of aliphatic imine (C=N–C) groups is 1. The Bertz CT molecular complexity index is 309. The molecule has 116 valence electrons. The minimum absolute atomic E-state index is 0.492. The van der Waals surface area contributed by atoms with Crippen LogP contribution < -0.4 is 5.73 Å². The Hall–Kier alpha value is -0.460. The lowest BCUT2D eigenvalue weighted by Crippen LogP contribution is -2.50. The highest BCUT2D eigenvalue weighted by molar-refractivity contribution is 7.99. The Labute approximate surface area is 127 Å². The average molecular weight is 299 g/mol. The van der Waals surface area contributed by atoms with Gasteiger partial charge in [0.25, 0.3) is 0 Å². The molecule has 0 spiro atoms. The SMILES string of the molecule is CCN1CCN(C(C)CN=C(N)N2CCSCC2)CC1. The predicted octanol–water partition coefficient (Wildman–Crippen LogP) is 0.376. The van der Waals surface area contributed by atoms with Crippen LogP contribution in [0.5, 0.6) is 0 Å². The lowest BCUT2D eigenvalue weighted by molar-refractivity contribution is 0.109. The molecule has 0 bridgehead atoms. The summed E-state index contributed by atoms with van der Waals surface area (Å²) in [5, 5.41) is 0. The van der Waals surface area contributed by atoms with Crippen molar-refractivity contribution < 1.29 is 0 Å². The first-order valence-corrected chi connectivity index (χ1v) is 8.95.